The van der Waals surface area contributed by atoms with Crippen LogP contribution in [-0.4, -0.2) is 31.2 Å². The third kappa shape index (κ3) is 4.63. The fraction of sp³-hybridized carbons (Fsp3) is 0.353. The van der Waals surface area contributed by atoms with E-state index in [4.69, 9.17) is 9.47 Å². The summed E-state index contributed by atoms with van der Waals surface area (Å²) in [6.07, 6.45) is 0.897. The zero-order valence-corrected chi connectivity index (χ0v) is 15.4. The molecule has 2 heterocycles. The summed E-state index contributed by atoms with van der Waals surface area (Å²) in [7, 11) is 0. The van der Waals surface area contributed by atoms with E-state index in [0.29, 0.717) is 30.3 Å². The molecule has 136 valence electrons. The van der Waals surface area contributed by atoms with Gasteiger partial charge in [-0.15, -0.1) is 16.4 Å². The average molecular weight is 373 g/mol. The number of tetrazole rings is 1. The number of nitrogens with zero attached hydrogens (tertiary/aromatic N) is 5. The lowest BCUT2D eigenvalue weighted by molar-refractivity contribution is 0.0456. The number of hydrogen-bond acceptors (Lipinski definition) is 8. The lowest BCUT2D eigenvalue weighted by Crippen LogP contribution is -2.11. The summed E-state index contributed by atoms with van der Waals surface area (Å²) in [5.74, 6) is 0.760. The first-order valence-corrected chi connectivity index (χ1v) is 9.09. The fourth-order valence-corrected chi connectivity index (χ4v) is 2.84. The Morgan fingerprint density at radius 3 is 2.73 bits per heavy atom. The van der Waals surface area contributed by atoms with Crippen molar-refractivity contribution in [3.8, 4) is 5.75 Å². The predicted molar refractivity (Wildman–Crippen MR) is 94.9 cm³/mol. The molecular weight excluding hydrogens is 354 g/mol. The zero-order chi connectivity index (χ0) is 18.4. The van der Waals surface area contributed by atoms with Gasteiger partial charge in [-0.2, -0.15) is 0 Å². The molecule has 9 heteroatoms. The van der Waals surface area contributed by atoms with E-state index < -0.39 is 5.97 Å². The summed E-state index contributed by atoms with van der Waals surface area (Å²) in [6, 6.07) is 6.80. The van der Waals surface area contributed by atoms with Crippen molar-refractivity contribution in [3.05, 3.63) is 51.7 Å². The van der Waals surface area contributed by atoms with Gasteiger partial charge >= 0.3 is 5.97 Å². The topological polar surface area (TPSA) is 92.0 Å². The van der Waals surface area contributed by atoms with Gasteiger partial charge in [0, 0.05) is 11.9 Å². The van der Waals surface area contributed by atoms with Gasteiger partial charge < -0.3 is 9.47 Å². The molecular formula is C17H19N5O3S. The Morgan fingerprint density at radius 2 is 2.04 bits per heavy atom. The molecule has 0 amide bonds. The van der Waals surface area contributed by atoms with Gasteiger partial charge in [0.1, 0.15) is 12.4 Å². The highest BCUT2D eigenvalue weighted by Crippen LogP contribution is 2.16. The number of thiazole rings is 1. The van der Waals surface area contributed by atoms with E-state index >= 15 is 0 Å². The van der Waals surface area contributed by atoms with Crippen molar-refractivity contribution in [3.63, 3.8) is 0 Å². The second-order valence-corrected chi connectivity index (χ2v) is 6.63. The van der Waals surface area contributed by atoms with Crippen molar-refractivity contribution in [2.24, 2.45) is 0 Å². The highest BCUT2D eigenvalue weighted by Gasteiger charge is 2.11. The molecule has 0 atom stereocenters. The molecule has 2 aromatic heterocycles. The molecule has 0 aliphatic rings. The number of aryl methyl sites for hydroxylation is 2. The maximum atomic E-state index is 12.2. The summed E-state index contributed by atoms with van der Waals surface area (Å²) in [4.78, 5) is 16.5. The molecule has 0 unspecified atom stereocenters. The van der Waals surface area contributed by atoms with Gasteiger partial charge in [-0.3, -0.25) is 0 Å². The lowest BCUT2D eigenvalue weighted by atomic mass is 10.2. The second-order valence-electron chi connectivity index (χ2n) is 5.57. The molecule has 8 nitrogen and oxygen atoms in total. The molecule has 0 radical (unpaired) electrons. The van der Waals surface area contributed by atoms with Crippen molar-refractivity contribution >= 4 is 17.3 Å². The third-order valence-electron chi connectivity index (χ3n) is 3.52. The molecule has 0 saturated heterocycles. The Kier molecular flexibility index (Phi) is 5.90. The first kappa shape index (κ1) is 18.0. The Labute approximate surface area is 154 Å². The van der Waals surface area contributed by atoms with E-state index in [2.05, 4.69) is 20.5 Å². The van der Waals surface area contributed by atoms with Crippen LogP contribution in [0.3, 0.4) is 0 Å². The number of carbonyl (C=O) groups is 1. The van der Waals surface area contributed by atoms with Crippen molar-refractivity contribution in [1.29, 1.82) is 0 Å². The second kappa shape index (κ2) is 8.52. The molecule has 1 aromatic carbocycles. The average Bonchev–Trinajstić information content (AvgIpc) is 3.27. The standard InChI is InChI=1S/C17H19N5O3S/c1-3-8-22-16(19-20-21-22)10-25-17(23)13-4-6-15(7-5-13)24-9-14-11-26-12(2)18-14/h4-7,11H,3,8-10H2,1-2H3. The minimum absolute atomic E-state index is 0.0350. The van der Waals surface area contributed by atoms with Crippen molar-refractivity contribution in [1.82, 2.24) is 25.2 Å². The molecule has 3 rings (SSSR count). The molecule has 0 spiro atoms. The minimum Gasteiger partial charge on any atom is -0.487 e. The number of rotatable bonds is 8. The fourth-order valence-electron chi connectivity index (χ4n) is 2.24. The van der Waals surface area contributed by atoms with Crippen LogP contribution in [0, 0.1) is 6.92 Å². The molecule has 0 aliphatic heterocycles. The number of hydrogen-bond donors (Lipinski definition) is 0. The van der Waals surface area contributed by atoms with Crippen molar-refractivity contribution in [2.75, 3.05) is 0 Å². The third-order valence-corrected chi connectivity index (χ3v) is 4.34. The van der Waals surface area contributed by atoms with E-state index in [0.717, 1.165) is 17.1 Å². The molecule has 26 heavy (non-hydrogen) atoms. The van der Waals surface area contributed by atoms with Crippen LogP contribution in [0.25, 0.3) is 0 Å². The Bertz CT molecular complexity index is 859. The quantitative estimate of drug-likeness (QED) is 0.561. The highest BCUT2D eigenvalue weighted by atomic mass is 32.1. The molecule has 3 aromatic rings. The maximum Gasteiger partial charge on any atom is 0.338 e. The summed E-state index contributed by atoms with van der Waals surface area (Å²) in [5, 5.41) is 14.3. The van der Waals surface area contributed by atoms with Crippen molar-refractivity contribution in [2.45, 2.75) is 40.0 Å². The van der Waals surface area contributed by atoms with Crippen LogP contribution in [0.4, 0.5) is 0 Å². The highest BCUT2D eigenvalue weighted by molar-refractivity contribution is 7.09. The van der Waals surface area contributed by atoms with Gasteiger partial charge in [0.15, 0.2) is 12.4 Å². The maximum absolute atomic E-state index is 12.2. The van der Waals surface area contributed by atoms with E-state index in [-0.39, 0.29) is 6.61 Å². The molecule has 0 saturated carbocycles. The van der Waals surface area contributed by atoms with Crippen LogP contribution in [0.15, 0.2) is 29.6 Å². The van der Waals surface area contributed by atoms with Crippen LogP contribution in [0.2, 0.25) is 0 Å². The molecule has 0 aliphatic carbocycles. The van der Waals surface area contributed by atoms with Gasteiger partial charge in [-0.1, -0.05) is 6.92 Å². The SMILES string of the molecule is CCCn1nnnc1COC(=O)c1ccc(OCc2csc(C)n2)cc1. The zero-order valence-electron chi connectivity index (χ0n) is 14.6. The van der Waals surface area contributed by atoms with Crippen LogP contribution < -0.4 is 4.74 Å². The molecule has 0 N–H and O–H groups in total. The van der Waals surface area contributed by atoms with E-state index in [1.165, 1.54) is 0 Å². The molecule has 0 fully saturated rings. The van der Waals surface area contributed by atoms with Gasteiger partial charge in [0.25, 0.3) is 0 Å². The smallest absolute Gasteiger partial charge is 0.338 e. The number of aromatic nitrogens is 5. The van der Waals surface area contributed by atoms with Crippen LogP contribution in [-0.2, 0) is 24.5 Å². The number of carbonyl (C=O) groups excluding carboxylic acids is 1. The predicted octanol–water partition coefficient (Wildman–Crippen LogP) is 2.78. The van der Waals surface area contributed by atoms with Crippen LogP contribution >= 0.6 is 11.3 Å². The van der Waals surface area contributed by atoms with Gasteiger partial charge in [0.05, 0.1) is 16.3 Å². The van der Waals surface area contributed by atoms with Gasteiger partial charge in [-0.25, -0.2) is 14.5 Å². The number of esters is 1. The van der Waals surface area contributed by atoms with Crippen LogP contribution in [0.5, 0.6) is 5.75 Å². The summed E-state index contributed by atoms with van der Waals surface area (Å²) < 4.78 is 12.6. The molecule has 0 bridgehead atoms. The van der Waals surface area contributed by atoms with Crippen molar-refractivity contribution < 1.29 is 14.3 Å². The summed E-state index contributed by atoms with van der Waals surface area (Å²) >= 11 is 1.59. The summed E-state index contributed by atoms with van der Waals surface area (Å²) in [5.41, 5.74) is 1.33. The first-order chi connectivity index (χ1) is 12.7. The van der Waals surface area contributed by atoms with E-state index in [9.17, 15) is 4.79 Å². The van der Waals surface area contributed by atoms with E-state index in [1.807, 2.05) is 19.2 Å². The lowest BCUT2D eigenvalue weighted by Gasteiger charge is -2.07. The Morgan fingerprint density at radius 1 is 1.23 bits per heavy atom. The monoisotopic (exact) mass is 373 g/mol. The largest absolute Gasteiger partial charge is 0.487 e. The summed E-state index contributed by atoms with van der Waals surface area (Å²) in [6.45, 7) is 5.10. The number of ether oxygens (including phenoxy) is 2. The Hall–Kier alpha value is -2.81. The van der Waals surface area contributed by atoms with Crippen LogP contribution in [0.1, 0.15) is 40.2 Å². The van der Waals surface area contributed by atoms with E-state index in [1.54, 1.807) is 40.3 Å². The first-order valence-electron chi connectivity index (χ1n) is 8.21. The van der Waals surface area contributed by atoms with Gasteiger partial charge in [-0.05, 0) is 48.0 Å². The normalized spacial score (nSPS) is 10.7. The Balaban J connectivity index is 1.52. The number of benzene rings is 1. The van der Waals surface area contributed by atoms with Gasteiger partial charge in [0.2, 0.25) is 0 Å². The minimum atomic E-state index is -0.433.